The predicted molar refractivity (Wildman–Crippen MR) is 76.1 cm³/mol. The second-order valence-electron chi connectivity index (χ2n) is 4.69. The van der Waals surface area contributed by atoms with E-state index in [2.05, 4.69) is 21.6 Å². The Morgan fingerprint density at radius 2 is 1.95 bits per heavy atom. The predicted octanol–water partition coefficient (Wildman–Crippen LogP) is 2.25. The molecule has 108 valence electrons. The van der Waals surface area contributed by atoms with Gasteiger partial charge in [-0.3, -0.25) is 0 Å². The lowest BCUT2D eigenvalue weighted by Gasteiger charge is -2.14. The van der Waals surface area contributed by atoms with Gasteiger partial charge in [0.1, 0.15) is 17.4 Å². The van der Waals surface area contributed by atoms with Crippen LogP contribution < -0.4 is 5.32 Å². The van der Waals surface area contributed by atoms with Crippen LogP contribution in [0.1, 0.15) is 28.5 Å². The van der Waals surface area contributed by atoms with Gasteiger partial charge in [-0.2, -0.15) is 10.4 Å². The van der Waals surface area contributed by atoms with E-state index in [1.807, 2.05) is 0 Å². The van der Waals surface area contributed by atoms with Gasteiger partial charge in [-0.15, -0.1) is 5.10 Å². The average Bonchev–Trinajstić information content (AvgIpc) is 2.49. The van der Waals surface area contributed by atoms with E-state index in [-0.39, 0.29) is 12.4 Å². The molecule has 0 radical (unpaired) electrons. The van der Waals surface area contributed by atoms with E-state index in [0.717, 1.165) is 5.56 Å². The molecule has 0 spiro atoms. The van der Waals surface area contributed by atoms with Crippen molar-refractivity contribution in [3.8, 4) is 6.07 Å². The van der Waals surface area contributed by atoms with Crippen molar-refractivity contribution in [1.29, 1.82) is 5.26 Å². The van der Waals surface area contributed by atoms with Gasteiger partial charge in [-0.05, 0) is 37.1 Å². The van der Waals surface area contributed by atoms with Gasteiger partial charge in [0.2, 0.25) is 0 Å². The average molecular weight is 286 g/mol. The van der Waals surface area contributed by atoms with Crippen molar-refractivity contribution < 1.29 is 9.50 Å². The molecule has 1 heterocycles. The largest absolute Gasteiger partial charge is 0.387 e. The van der Waals surface area contributed by atoms with Gasteiger partial charge in [0.25, 0.3) is 0 Å². The summed E-state index contributed by atoms with van der Waals surface area (Å²) in [6, 6.07) is 7.68. The topological polar surface area (TPSA) is 81.8 Å². The number of halogens is 1. The molecule has 2 aromatic rings. The number of hydrogen-bond acceptors (Lipinski definition) is 5. The molecule has 0 aliphatic heterocycles. The monoisotopic (exact) mass is 286 g/mol. The quantitative estimate of drug-likeness (QED) is 0.901. The maximum Gasteiger partial charge on any atom is 0.167 e. The lowest BCUT2D eigenvalue weighted by atomic mass is 10.1. The number of aryl methyl sites for hydroxylation is 1. The van der Waals surface area contributed by atoms with Crippen molar-refractivity contribution in [2.75, 3.05) is 11.9 Å². The van der Waals surface area contributed by atoms with Crippen LogP contribution in [-0.2, 0) is 0 Å². The Bertz CT molecular complexity index is 679. The van der Waals surface area contributed by atoms with E-state index in [1.165, 1.54) is 24.3 Å². The SMILES string of the molecule is Cc1nnc(NC[C@@H](O)c2ccc(F)cc2)c(C#N)c1C. The summed E-state index contributed by atoms with van der Waals surface area (Å²) in [7, 11) is 0. The molecule has 2 N–H and O–H groups in total. The minimum Gasteiger partial charge on any atom is -0.387 e. The van der Waals surface area contributed by atoms with Gasteiger partial charge >= 0.3 is 0 Å². The fourth-order valence-corrected chi connectivity index (χ4v) is 1.87. The van der Waals surface area contributed by atoms with Crippen LogP contribution in [-0.4, -0.2) is 21.8 Å². The normalized spacial score (nSPS) is 11.8. The summed E-state index contributed by atoms with van der Waals surface area (Å²) in [5, 5.41) is 30.0. The van der Waals surface area contributed by atoms with E-state index in [9.17, 15) is 14.8 Å². The van der Waals surface area contributed by atoms with E-state index in [1.54, 1.807) is 13.8 Å². The van der Waals surface area contributed by atoms with Gasteiger partial charge in [0.05, 0.1) is 11.8 Å². The zero-order valence-electron chi connectivity index (χ0n) is 11.8. The van der Waals surface area contributed by atoms with Crippen LogP contribution in [0.5, 0.6) is 0 Å². The Morgan fingerprint density at radius 3 is 2.57 bits per heavy atom. The first-order chi connectivity index (χ1) is 10.0. The first-order valence-corrected chi connectivity index (χ1v) is 6.44. The highest BCUT2D eigenvalue weighted by Crippen LogP contribution is 2.19. The van der Waals surface area contributed by atoms with Crippen molar-refractivity contribution in [2.24, 2.45) is 0 Å². The lowest BCUT2D eigenvalue weighted by Crippen LogP contribution is -2.15. The summed E-state index contributed by atoms with van der Waals surface area (Å²) in [6.45, 7) is 3.72. The number of rotatable bonds is 4. The van der Waals surface area contributed by atoms with Gasteiger partial charge in [0, 0.05) is 6.54 Å². The molecule has 1 aromatic carbocycles. The number of nitriles is 1. The molecule has 1 atom stereocenters. The van der Waals surface area contributed by atoms with Crippen molar-refractivity contribution >= 4 is 5.82 Å². The summed E-state index contributed by atoms with van der Waals surface area (Å²) in [5.41, 5.74) is 2.44. The highest BCUT2D eigenvalue weighted by molar-refractivity contribution is 5.55. The molecule has 0 fully saturated rings. The number of nitrogens with one attached hydrogen (secondary N) is 1. The summed E-state index contributed by atoms with van der Waals surface area (Å²) in [5.74, 6) is -0.0209. The third kappa shape index (κ3) is 3.33. The number of aliphatic hydroxyl groups is 1. The summed E-state index contributed by atoms with van der Waals surface area (Å²) in [6.07, 6.45) is -0.833. The number of aliphatic hydroxyl groups excluding tert-OH is 1. The van der Waals surface area contributed by atoms with Gasteiger partial charge in [-0.1, -0.05) is 12.1 Å². The molecule has 0 unspecified atom stereocenters. The summed E-state index contributed by atoms with van der Waals surface area (Å²) >= 11 is 0. The molecule has 0 aliphatic carbocycles. The highest BCUT2D eigenvalue weighted by atomic mass is 19.1. The molecule has 0 saturated heterocycles. The second-order valence-corrected chi connectivity index (χ2v) is 4.69. The third-order valence-corrected chi connectivity index (χ3v) is 3.28. The zero-order chi connectivity index (χ0) is 15.4. The van der Waals surface area contributed by atoms with Crippen molar-refractivity contribution in [3.63, 3.8) is 0 Å². The van der Waals surface area contributed by atoms with Gasteiger partial charge < -0.3 is 10.4 Å². The fourth-order valence-electron chi connectivity index (χ4n) is 1.87. The van der Waals surface area contributed by atoms with Crippen LogP contribution in [0.15, 0.2) is 24.3 Å². The van der Waals surface area contributed by atoms with Gasteiger partial charge in [-0.25, -0.2) is 4.39 Å². The van der Waals surface area contributed by atoms with Crippen LogP contribution in [0.3, 0.4) is 0 Å². The van der Waals surface area contributed by atoms with Crippen molar-refractivity contribution in [1.82, 2.24) is 10.2 Å². The molecule has 1 aromatic heterocycles. The maximum atomic E-state index is 12.8. The Hall–Kier alpha value is -2.52. The third-order valence-electron chi connectivity index (χ3n) is 3.28. The zero-order valence-corrected chi connectivity index (χ0v) is 11.8. The number of benzene rings is 1. The van der Waals surface area contributed by atoms with Gasteiger partial charge in [0.15, 0.2) is 5.82 Å². The Morgan fingerprint density at radius 1 is 1.29 bits per heavy atom. The Kier molecular flexibility index (Phi) is 4.45. The molecule has 2 rings (SSSR count). The fraction of sp³-hybridized carbons (Fsp3) is 0.267. The molecular weight excluding hydrogens is 271 g/mol. The van der Waals surface area contributed by atoms with Crippen LogP contribution in [0, 0.1) is 31.0 Å². The molecule has 6 heteroatoms. The van der Waals surface area contributed by atoms with E-state index in [0.29, 0.717) is 22.6 Å². The molecule has 0 aliphatic rings. The number of anilines is 1. The molecule has 5 nitrogen and oxygen atoms in total. The molecule has 0 saturated carbocycles. The smallest absolute Gasteiger partial charge is 0.167 e. The lowest BCUT2D eigenvalue weighted by molar-refractivity contribution is 0.191. The Labute approximate surface area is 122 Å². The van der Waals surface area contributed by atoms with E-state index >= 15 is 0 Å². The summed E-state index contributed by atoms with van der Waals surface area (Å²) in [4.78, 5) is 0. The molecule has 0 bridgehead atoms. The second kappa shape index (κ2) is 6.29. The molecule has 21 heavy (non-hydrogen) atoms. The number of nitrogens with zero attached hydrogens (tertiary/aromatic N) is 3. The first kappa shape index (κ1) is 14.9. The highest BCUT2D eigenvalue weighted by Gasteiger charge is 2.13. The van der Waals surface area contributed by atoms with Crippen molar-refractivity contribution in [2.45, 2.75) is 20.0 Å². The van der Waals surface area contributed by atoms with Crippen LogP contribution in [0.4, 0.5) is 10.2 Å². The van der Waals surface area contributed by atoms with Crippen LogP contribution in [0.2, 0.25) is 0 Å². The van der Waals surface area contributed by atoms with Crippen LogP contribution in [0.25, 0.3) is 0 Å². The Balaban J connectivity index is 2.12. The van der Waals surface area contributed by atoms with Crippen molar-refractivity contribution in [3.05, 3.63) is 52.5 Å². The van der Waals surface area contributed by atoms with E-state index in [4.69, 9.17) is 0 Å². The summed E-state index contributed by atoms with van der Waals surface area (Å²) < 4.78 is 12.8. The molecular formula is C15H15FN4O. The van der Waals surface area contributed by atoms with E-state index < -0.39 is 6.10 Å². The number of aromatic nitrogens is 2. The minimum atomic E-state index is -0.833. The first-order valence-electron chi connectivity index (χ1n) is 6.44. The molecule has 0 amide bonds. The minimum absolute atomic E-state index is 0.150. The van der Waals surface area contributed by atoms with Crippen LogP contribution >= 0.6 is 0 Å². The standard InChI is InChI=1S/C15H15FN4O/c1-9-10(2)19-20-15(13(9)7-17)18-8-14(21)11-3-5-12(16)6-4-11/h3-6,14,21H,8H2,1-2H3,(H,18,20)/t14-/m1/s1. The number of hydrogen-bond donors (Lipinski definition) is 2. The maximum absolute atomic E-state index is 12.8.